The van der Waals surface area contributed by atoms with Gasteiger partial charge in [-0.1, -0.05) is 108 Å². The maximum absolute atomic E-state index is 12.9. The average Bonchev–Trinajstić information content (AvgIpc) is 2.86. The second-order valence-electron chi connectivity index (χ2n) is 8.92. The minimum Gasteiger partial charge on any atom is -0.490 e. The maximum atomic E-state index is 12.9. The van der Waals surface area contributed by atoms with E-state index in [2.05, 4.69) is 6.92 Å². The van der Waals surface area contributed by atoms with Crippen LogP contribution in [0.4, 0.5) is 5.69 Å². The molecule has 0 heterocycles. The van der Waals surface area contributed by atoms with Crippen LogP contribution in [-0.4, -0.2) is 28.5 Å². The molecule has 1 unspecified atom stereocenters. The third kappa shape index (κ3) is 10.0. The number of non-ortho nitro benzene ring substituents is 1. The lowest BCUT2D eigenvalue weighted by molar-refractivity contribution is -0.384. The summed E-state index contributed by atoms with van der Waals surface area (Å²) < 4.78 is 5.73. The van der Waals surface area contributed by atoms with E-state index in [0.717, 1.165) is 12.8 Å². The highest BCUT2D eigenvalue weighted by molar-refractivity contribution is 6.11. The van der Waals surface area contributed by atoms with E-state index in [9.17, 15) is 20.0 Å². The molecule has 2 aromatic rings. The topological polar surface area (TPSA) is 89.7 Å². The molecular weight excluding hydrogens is 430 g/mol. The van der Waals surface area contributed by atoms with Gasteiger partial charge in [0.1, 0.15) is 12.4 Å². The first-order valence-electron chi connectivity index (χ1n) is 12.7. The Hall–Kier alpha value is -2.73. The highest BCUT2D eigenvalue weighted by Crippen LogP contribution is 2.27. The quantitative estimate of drug-likeness (QED) is 0.107. The highest BCUT2D eigenvalue weighted by Gasteiger charge is 2.20. The summed E-state index contributed by atoms with van der Waals surface area (Å²) >= 11 is 0. The Labute approximate surface area is 203 Å². The average molecular weight is 470 g/mol. The summed E-state index contributed by atoms with van der Waals surface area (Å²) in [6.45, 7) is 2.29. The first kappa shape index (κ1) is 27.5. The number of aliphatic hydroxyl groups excluding tert-OH is 1. The van der Waals surface area contributed by atoms with Crippen LogP contribution in [0.3, 0.4) is 0 Å². The zero-order valence-electron chi connectivity index (χ0n) is 20.4. The van der Waals surface area contributed by atoms with Gasteiger partial charge in [0.2, 0.25) is 0 Å². The van der Waals surface area contributed by atoms with Crippen molar-refractivity contribution in [2.24, 2.45) is 0 Å². The van der Waals surface area contributed by atoms with Gasteiger partial charge < -0.3 is 9.84 Å². The Morgan fingerprint density at radius 3 is 2.09 bits per heavy atom. The van der Waals surface area contributed by atoms with Crippen LogP contribution in [0.15, 0.2) is 48.5 Å². The Kier molecular flexibility index (Phi) is 12.9. The zero-order chi connectivity index (χ0) is 24.6. The minimum absolute atomic E-state index is 0.0463. The normalized spacial score (nSPS) is 11.8. The number of nitro groups is 1. The number of nitro benzene ring substituents is 1. The van der Waals surface area contributed by atoms with Crippen LogP contribution in [0.2, 0.25) is 0 Å². The van der Waals surface area contributed by atoms with E-state index in [-0.39, 0.29) is 29.4 Å². The van der Waals surface area contributed by atoms with E-state index >= 15 is 0 Å². The summed E-state index contributed by atoms with van der Waals surface area (Å²) in [5.41, 5.74) is 0.379. The molecule has 186 valence electrons. The molecule has 6 heteroatoms. The van der Waals surface area contributed by atoms with Crippen LogP contribution >= 0.6 is 0 Å². The van der Waals surface area contributed by atoms with Gasteiger partial charge in [-0.05, 0) is 12.5 Å². The van der Waals surface area contributed by atoms with Gasteiger partial charge in [-0.15, -0.1) is 0 Å². The van der Waals surface area contributed by atoms with Crippen LogP contribution in [0.25, 0.3) is 0 Å². The van der Waals surface area contributed by atoms with Crippen LogP contribution in [-0.2, 0) is 0 Å². The van der Waals surface area contributed by atoms with Crippen molar-refractivity contribution in [3.05, 3.63) is 69.8 Å². The summed E-state index contributed by atoms with van der Waals surface area (Å²) in [7, 11) is 0. The van der Waals surface area contributed by atoms with Crippen LogP contribution in [0.1, 0.15) is 99.9 Å². The molecule has 0 aromatic heterocycles. The van der Waals surface area contributed by atoms with Crippen molar-refractivity contribution in [1.29, 1.82) is 0 Å². The molecule has 0 amide bonds. The predicted octanol–water partition coefficient (Wildman–Crippen LogP) is 7.27. The van der Waals surface area contributed by atoms with E-state index in [1.165, 1.54) is 76.0 Å². The fraction of sp³-hybridized carbons (Fsp3) is 0.536. The van der Waals surface area contributed by atoms with Crippen molar-refractivity contribution in [1.82, 2.24) is 0 Å². The number of hydrogen-bond acceptors (Lipinski definition) is 5. The number of benzene rings is 2. The fourth-order valence-electron chi connectivity index (χ4n) is 3.99. The maximum Gasteiger partial charge on any atom is 0.270 e. The second-order valence-corrected chi connectivity index (χ2v) is 8.92. The van der Waals surface area contributed by atoms with Gasteiger partial charge in [0.25, 0.3) is 5.69 Å². The summed E-state index contributed by atoms with van der Waals surface area (Å²) in [5, 5.41) is 21.5. The number of aliphatic hydroxyl groups is 1. The van der Waals surface area contributed by atoms with Crippen molar-refractivity contribution in [3.63, 3.8) is 0 Å². The number of ether oxygens (including phenoxy) is 1. The molecule has 0 bridgehead atoms. The third-order valence-corrected chi connectivity index (χ3v) is 6.03. The molecule has 34 heavy (non-hydrogen) atoms. The van der Waals surface area contributed by atoms with Gasteiger partial charge >= 0.3 is 0 Å². The number of ketones is 1. The molecule has 0 fully saturated rings. The summed E-state index contributed by atoms with van der Waals surface area (Å²) in [4.78, 5) is 23.6. The van der Waals surface area contributed by atoms with Crippen molar-refractivity contribution in [2.45, 2.75) is 90.1 Å². The molecule has 0 aliphatic carbocycles. The highest BCUT2D eigenvalue weighted by atomic mass is 16.6. The number of unbranched alkanes of at least 4 members (excludes halogenated alkanes) is 10. The number of carbonyl (C=O) groups excluding carboxylic acids is 1. The lowest BCUT2D eigenvalue weighted by Gasteiger charge is -2.15. The van der Waals surface area contributed by atoms with E-state index < -0.39 is 11.0 Å². The van der Waals surface area contributed by atoms with Crippen molar-refractivity contribution in [2.75, 3.05) is 6.61 Å². The molecule has 1 atom stereocenters. The lowest BCUT2D eigenvalue weighted by Crippen LogP contribution is -2.18. The lowest BCUT2D eigenvalue weighted by atomic mass is 10.0. The molecule has 0 saturated heterocycles. The van der Waals surface area contributed by atoms with Gasteiger partial charge in [0, 0.05) is 17.7 Å². The van der Waals surface area contributed by atoms with Gasteiger partial charge in [0.05, 0.1) is 16.6 Å². The number of nitrogens with zero attached hydrogens (tertiary/aromatic N) is 1. The van der Waals surface area contributed by atoms with E-state index in [4.69, 9.17) is 4.74 Å². The zero-order valence-corrected chi connectivity index (χ0v) is 20.4. The number of hydrogen-bond donors (Lipinski definition) is 1. The van der Waals surface area contributed by atoms with E-state index in [1.54, 1.807) is 30.3 Å². The largest absolute Gasteiger partial charge is 0.490 e. The number of carbonyl (C=O) groups is 1. The Balaban J connectivity index is 1.75. The Bertz CT molecular complexity index is 868. The fourth-order valence-corrected chi connectivity index (χ4v) is 3.99. The first-order chi connectivity index (χ1) is 16.5. The van der Waals surface area contributed by atoms with Crippen molar-refractivity contribution < 1.29 is 19.6 Å². The van der Waals surface area contributed by atoms with Crippen molar-refractivity contribution >= 4 is 11.5 Å². The monoisotopic (exact) mass is 469 g/mol. The summed E-state index contributed by atoms with van der Waals surface area (Å²) in [5.74, 6) is -0.100. The molecule has 6 nitrogen and oxygen atoms in total. The molecule has 0 aliphatic rings. The standard InChI is InChI=1S/C28H39NO5/c1-2-3-4-5-6-7-8-9-10-11-15-18-25(30)22-34-27-20-19-24(29(32)33)21-26(27)28(31)23-16-13-12-14-17-23/h12-14,16-17,19-21,25,30H,2-11,15,18,22H2,1H3. The smallest absolute Gasteiger partial charge is 0.270 e. The van der Waals surface area contributed by atoms with Crippen molar-refractivity contribution in [3.8, 4) is 5.75 Å². The Morgan fingerprint density at radius 1 is 0.912 bits per heavy atom. The summed E-state index contributed by atoms with van der Waals surface area (Å²) in [6.07, 6.45) is 13.7. The second kappa shape index (κ2) is 16.0. The van der Waals surface area contributed by atoms with Crippen LogP contribution in [0, 0.1) is 10.1 Å². The van der Waals surface area contributed by atoms with Gasteiger partial charge in [-0.2, -0.15) is 0 Å². The Morgan fingerprint density at radius 2 is 1.50 bits per heavy atom. The molecule has 2 rings (SSSR count). The molecule has 0 saturated carbocycles. The van der Waals surface area contributed by atoms with Gasteiger partial charge in [-0.25, -0.2) is 0 Å². The molecule has 0 aliphatic heterocycles. The van der Waals surface area contributed by atoms with Gasteiger partial charge in [0.15, 0.2) is 5.78 Å². The molecule has 2 aromatic carbocycles. The van der Waals surface area contributed by atoms with Crippen LogP contribution < -0.4 is 4.74 Å². The minimum atomic E-state index is -0.645. The molecule has 1 N–H and O–H groups in total. The van der Waals surface area contributed by atoms with Crippen LogP contribution in [0.5, 0.6) is 5.75 Å². The summed E-state index contributed by atoms with van der Waals surface area (Å²) in [6, 6.07) is 12.6. The SMILES string of the molecule is CCCCCCCCCCCCCC(O)COc1ccc([N+](=O)[O-])cc1C(=O)c1ccccc1. The first-order valence-corrected chi connectivity index (χ1v) is 12.7. The van der Waals surface area contributed by atoms with E-state index in [0.29, 0.717) is 12.0 Å². The molecule has 0 radical (unpaired) electrons. The van der Waals surface area contributed by atoms with E-state index in [1.807, 2.05) is 0 Å². The molecular formula is C28H39NO5. The molecule has 0 spiro atoms. The van der Waals surface area contributed by atoms with Gasteiger partial charge in [-0.3, -0.25) is 14.9 Å². The number of rotatable bonds is 18. The third-order valence-electron chi connectivity index (χ3n) is 6.03. The predicted molar refractivity (Wildman–Crippen MR) is 136 cm³/mol.